The van der Waals surface area contributed by atoms with E-state index >= 15 is 0 Å². The van der Waals surface area contributed by atoms with Crippen LogP contribution < -0.4 is 4.74 Å². The molecule has 0 aliphatic carbocycles. The molecule has 1 atom stereocenters. The first-order valence-corrected chi connectivity index (χ1v) is 8.99. The van der Waals surface area contributed by atoms with E-state index in [9.17, 15) is 4.79 Å². The number of hydrogen-bond acceptors (Lipinski definition) is 4. The molecule has 0 saturated carbocycles. The zero-order valence-corrected chi connectivity index (χ0v) is 14.2. The standard InChI is InChI=1S/C18H22N2O2S/c1-22-17-13-14(9-10-19-17)18(21)20-11-3-2-5-15(20)7-8-16-6-4-12-23-16/h4,6,9-10,12-13,15H,2-3,5,7-8,11H2,1H3. The van der Waals surface area contributed by atoms with E-state index in [0.717, 1.165) is 32.2 Å². The highest BCUT2D eigenvalue weighted by Crippen LogP contribution is 2.25. The lowest BCUT2D eigenvalue weighted by Crippen LogP contribution is -2.44. The molecule has 1 aliphatic heterocycles. The van der Waals surface area contributed by atoms with Crippen molar-refractivity contribution in [2.45, 2.75) is 38.1 Å². The molecule has 1 aliphatic rings. The first-order valence-electron chi connectivity index (χ1n) is 8.11. The zero-order chi connectivity index (χ0) is 16.1. The Labute approximate surface area is 141 Å². The Morgan fingerprint density at radius 1 is 1.43 bits per heavy atom. The van der Waals surface area contributed by atoms with Crippen LogP contribution in [0, 0.1) is 0 Å². The van der Waals surface area contributed by atoms with Gasteiger partial charge in [0, 0.05) is 35.3 Å². The quantitative estimate of drug-likeness (QED) is 0.838. The minimum Gasteiger partial charge on any atom is -0.481 e. The number of amides is 1. The molecule has 2 aromatic rings. The summed E-state index contributed by atoms with van der Waals surface area (Å²) in [6, 6.07) is 8.10. The fourth-order valence-corrected chi connectivity index (χ4v) is 3.88. The van der Waals surface area contributed by atoms with Gasteiger partial charge >= 0.3 is 0 Å². The van der Waals surface area contributed by atoms with Gasteiger partial charge in [-0.05, 0) is 49.6 Å². The van der Waals surface area contributed by atoms with Crippen LogP contribution >= 0.6 is 11.3 Å². The fraction of sp³-hybridized carbons (Fsp3) is 0.444. The number of aromatic nitrogens is 1. The maximum absolute atomic E-state index is 12.9. The molecule has 0 aromatic carbocycles. The number of thiophene rings is 1. The summed E-state index contributed by atoms with van der Waals surface area (Å²) in [4.78, 5) is 20.4. The lowest BCUT2D eigenvalue weighted by Gasteiger charge is -2.36. The number of carbonyl (C=O) groups is 1. The van der Waals surface area contributed by atoms with Gasteiger partial charge in [-0.1, -0.05) is 6.07 Å². The average molecular weight is 330 g/mol. The zero-order valence-electron chi connectivity index (χ0n) is 13.4. The third-order valence-electron chi connectivity index (χ3n) is 4.38. The van der Waals surface area contributed by atoms with E-state index < -0.39 is 0 Å². The van der Waals surface area contributed by atoms with Gasteiger partial charge in [-0.3, -0.25) is 4.79 Å². The van der Waals surface area contributed by atoms with Crippen molar-refractivity contribution in [2.75, 3.05) is 13.7 Å². The largest absolute Gasteiger partial charge is 0.481 e. The van der Waals surface area contributed by atoms with Crippen LogP contribution in [0.5, 0.6) is 5.88 Å². The monoisotopic (exact) mass is 330 g/mol. The topological polar surface area (TPSA) is 42.4 Å². The van der Waals surface area contributed by atoms with Gasteiger partial charge in [0.2, 0.25) is 5.88 Å². The maximum Gasteiger partial charge on any atom is 0.254 e. The van der Waals surface area contributed by atoms with Gasteiger partial charge in [0.25, 0.3) is 5.91 Å². The smallest absolute Gasteiger partial charge is 0.254 e. The molecule has 1 saturated heterocycles. The van der Waals surface area contributed by atoms with Crippen LogP contribution in [0.2, 0.25) is 0 Å². The number of pyridine rings is 1. The predicted molar refractivity (Wildman–Crippen MR) is 92.1 cm³/mol. The fourth-order valence-electron chi connectivity index (χ4n) is 3.15. The Morgan fingerprint density at radius 3 is 3.13 bits per heavy atom. The average Bonchev–Trinajstić information content (AvgIpc) is 3.13. The van der Waals surface area contributed by atoms with Crippen molar-refractivity contribution in [3.63, 3.8) is 0 Å². The first-order chi connectivity index (χ1) is 11.3. The number of carbonyl (C=O) groups excluding carboxylic acids is 1. The van der Waals surface area contributed by atoms with Gasteiger partial charge in [-0.15, -0.1) is 11.3 Å². The molecule has 2 aromatic heterocycles. The van der Waals surface area contributed by atoms with E-state index in [4.69, 9.17) is 4.74 Å². The van der Waals surface area contributed by atoms with Gasteiger partial charge in [-0.25, -0.2) is 4.98 Å². The minimum absolute atomic E-state index is 0.0987. The van der Waals surface area contributed by atoms with Crippen molar-refractivity contribution in [3.05, 3.63) is 46.3 Å². The molecular weight excluding hydrogens is 308 g/mol. The van der Waals surface area contributed by atoms with E-state index in [2.05, 4.69) is 22.5 Å². The summed E-state index contributed by atoms with van der Waals surface area (Å²) in [6.45, 7) is 0.846. The molecule has 0 bridgehead atoms. The number of piperidine rings is 1. The molecule has 122 valence electrons. The summed E-state index contributed by atoms with van der Waals surface area (Å²) in [5.41, 5.74) is 0.667. The number of aryl methyl sites for hydroxylation is 1. The Balaban J connectivity index is 1.70. The van der Waals surface area contributed by atoms with Gasteiger partial charge < -0.3 is 9.64 Å². The Bertz CT molecular complexity index is 642. The van der Waals surface area contributed by atoms with Crippen LogP contribution in [0.1, 0.15) is 40.9 Å². The van der Waals surface area contributed by atoms with Crippen molar-refractivity contribution in [2.24, 2.45) is 0 Å². The number of ether oxygens (including phenoxy) is 1. The van der Waals surface area contributed by atoms with E-state index in [1.165, 1.54) is 11.3 Å². The molecule has 5 heteroatoms. The molecule has 23 heavy (non-hydrogen) atoms. The Hall–Kier alpha value is -1.88. The summed E-state index contributed by atoms with van der Waals surface area (Å²) in [7, 11) is 1.57. The second-order valence-corrected chi connectivity index (χ2v) is 6.89. The summed E-state index contributed by atoms with van der Waals surface area (Å²) < 4.78 is 5.14. The van der Waals surface area contributed by atoms with Crippen molar-refractivity contribution in [3.8, 4) is 5.88 Å². The van der Waals surface area contributed by atoms with Crippen LogP contribution in [-0.2, 0) is 6.42 Å². The highest BCUT2D eigenvalue weighted by atomic mass is 32.1. The lowest BCUT2D eigenvalue weighted by molar-refractivity contribution is 0.0601. The molecule has 3 heterocycles. The van der Waals surface area contributed by atoms with Gasteiger partial charge in [-0.2, -0.15) is 0 Å². The normalized spacial score (nSPS) is 18.0. The van der Waals surface area contributed by atoms with Crippen LogP contribution in [0.25, 0.3) is 0 Å². The SMILES string of the molecule is COc1cc(C(=O)N2CCCCC2CCc2cccs2)ccn1. The second-order valence-electron chi connectivity index (χ2n) is 5.85. The van der Waals surface area contributed by atoms with Crippen molar-refractivity contribution in [1.82, 2.24) is 9.88 Å². The molecule has 0 spiro atoms. The molecule has 4 nitrogen and oxygen atoms in total. The highest BCUT2D eigenvalue weighted by Gasteiger charge is 2.27. The molecule has 1 fully saturated rings. The molecule has 0 N–H and O–H groups in total. The molecule has 1 amide bonds. The Morgan fingerprint density at radius 2 is 2.35 bits per heavy atom. The maximum atomic E-state index is 12.9. The first kappa shape index (κ1) is 16.0. The number of nitrogens with zero attached hydrogens (tertiary/aromatic N) is 2. The summed E-state index contributed by atoms with van der Waals surface area (Å²) >= 11 is 1.79. The molecular formula is C18H22N2O2S. The van der Waals surface area contributed by atoms with Crippen molar-refractivity contribution >= 4 is 17.2 Å². The number of rotatable bonds is 5. The predicted octanol–water partition coefficient (Wildman–Crippen LogP) is 3.78. The van der Waals surface area contributed by atoms with Crippen LogP contribution in [0.15, 0.2) is 35.8 Å². The van der Waals surface area contributed by atoms with Crippen LogP contribution in [0.3, 0.4) is 0 Å². The summed E-state index contributed by atoms with van der Waals surface area (Å²) in [5, 5.41) is 2.11. The van der Waals surface area contributed by atoms with Gasteiger partial charge in [0.15, 0.2) is 0 Å². The number of likely N-dealkylation sites (tertiary alicyclic amines) is 1. The van der Waals surface area contributed by atoms with Crippen molar-refractivity contribution < 1.29 is 9.53 Å². The molecule has 1 unspecified atom stereocenters. The lowest BCUT2D eigenvalue weighted by atomic mass is 9.96. The van der Waals surface area contributed by atoms with Crippen molar-refractivity contribution in [1.29, 1.82) is 0 Å². The van der Waals surface area contributed by atoms with E-state index in [0.29, 0.717) is 17.5 Å². The second kappa shape index (κ2) is 7.59. The van der Waals surface area contributed by atoms with E-state index in [1.807, 2.05) is 4.90 Å². The minimum atomic E-state index is 0.0987. The number of methoxy groups -OCH3 is 1. The molecule has 0 radical (unpaired) electrons. The van der Waals surface area contributed by atoms with E-state index in [1.54, 1.807) is 36.8 Å². The third-order valence-corrected chi connectivity index (χ3v) is 5.32. The van der Waals surface area contributed by atoms with Crippen LogP contribution in [-0.4, -0.2) is 35.5 Å². The molecule has 3 rings (SSSR count). The van der Waals surface area contributed by atoms with E-state index in [-0.39, 0.29) is 5.91 Å². The highest BCUT2D eigenvalue weighted by molar-refractivity contribution is 7.09. The van der Waals surface area contributed by atoms with Gasteiger partial charge in [0.05, 0.1) is 7.11 Å². The van der Waals surface area contributed by atoms with Gasteiger partial charge in [0.1, 0.15) is 0 Å². The summed E-state index contributed by atoms with van der Waals surface area (Å²) in [5.74, 6) is 0.588. The van der Waals surface area contributed by atoms with Crippen LogP contribution in [0.4, 0.5) is 0 Å². The number of hydrogen-bond donors (Lipinski definition) is 0. The third kappa shape index (κ3) is 3.91. The Kier molecular flexibility index (Phi) is 5.28. The summed E-state index contributed by atoms with van der Waals surface area (Å²) in [6.07, 6.45) is 7.11.